The average molecular weight is 389 g/mol. The highest BCUT2D eigenvalue weighted by Gasteiger charge is 2.16. The number of pyridine rings is 1. The van der Waals surface area contributed by atoms with E-state index in [-0.39, 0.29) is 17.0 Å². The number of benzene rings is 2. The molecule has 1 aromatic heterocycles. The van der Waals surface area contributed by atoms with Gasteiger partial charge >= 0.3 is 5.97 Å². The van der Waals surface area contributed by atoms with Gasteiger partial charge in [0.1, 0.15) is 0 Å². The van der Waals surface area contributed by atoms with Crippen molar-refractivity contribution in [2.75, 3.05) is 24.4 Å². The largest absolute Gasteiger partial charge is 0.465 e. The van der Waals surface area contributed by atoms with Crippen LogP contribution in [-0.2, 0) is 4.74 Å². The molecule has 2 aromatic carbocycles. The maximum atomic E-state index is 12.7. The summed E-state index contributed by atoms with van der Waals surface area (Å²) in [5.41, 5.74) is 1.98. The number of para-hydroxylation sites is 1. The van der Waals surface area contributed by atoms with Gasteiger partial charge in [0.15, 0.2) is 0 Å². The number of methoxy groups -OCH3 is 1. The van der Waals surface area contributed by atoms with Gasteiger partial charge in [-0.15, -0.1) is 0 Å². The van der Waals surface area contributed by atoms with E-state index in [0.717, 1.165) is 5.69 Å². The number of rotatable bonds is 5. The molecule has 0 aliphatic carbocycles. The standard InChI is InChI=1S/C22H19N3O4/c1-25(19-9-4-3-5-10-19)21(27)17-11-16(13-23-14-17)20(26)24-18-8-6-7-15(12-18)22(28)29-2/h3-14H,1-2H3,(H,24,26). The molecule has 0 fully saturated rings. The van der Waals surface area contributed by atoms with E-state index in [1.165, 1.54) is 36.5 Å². The molecule has 2 amide bonds. The highest BCUT2D eigenvalue weighted by Crippen LogP contribution is 2.16. The lowest BCUT2D eigenvalue weighted by Crippen LogP contribution is -2.26. The van der Waals surface area contributed by atoms with Crippen LogP contribution in [0.2, 0.25) is 0 Å². The summed E-state index contributed by atoms with van der Waals surface area (Å²) < 4.78 is 4.68. The molecule has 0 saturated heterocycles. The molecule has 0 unspecified atom stereocenters. The van der Waals surface area contributed by atoms with Crippen LogP contribution < -0.4 is 10.2 Å². The van der Waals surface area contributed by atoms with Crippen molar-refractivity contribution < 1.29 is 19.1 Å². The van der Waals surface area contributed by atoms with Gasteiger partial charge in [-0.1, -0.05) is 24.3 Å². The van der Waals surface area contributed by atoms with Gasteiger partial charge < -0.3 is 15.0 Å². The number of carbonyl (C=O) groups excluding carboxylic acids is 3. The third-order valence-corrected chi connectivity index (χ3v) is 4.24. The third-order valence-electron chi connectivity index (χ3n) is 4.24. The Kier molecular flexibility index (Phi) is 5.99. The summed E-state index contributed by atoms with van der Waals surface area (Å²) >= 11 is 0. The molecule has 0 bridgehead atoms. The topological polar surface area (TPSA) is 88.6 Å². The molecule has 1 heterocycles. The molecule has 3 aromatic rings. The Bertz CT molecular complexity index is 1050. The molecule has 0 radical (unpaired) electrons. The third kappa shape index (κ3) is 4.65. The maximum Gasteiger partial charge on any atom is 0.337 e. The van der Waals surface area contributed by atoms with Crippen LogP contribution in [0, 0.1) is 0 Å². The molecule has 7 heteroatoms. The minimum absolute atomic E-state index is 0.223. The van der Waals surface area contributed by atoms with E-state index in [2.05, 4.69) is 15.0 Å². The number of nitrogens with zero attached hydrogens (tertiary/aromatic N) is 2. The highest BCUT2D eigenvalue weighted by molar-refractivity contribution is 6.09. The number of ether oxygens (including phenoxy) is 1. The zero-order chi connectivity index (χ0) is 20.8. The Morgan fingerprint density at radius 2 is 1.62 bits per heavy atom. The first-order chi connectivity index (χ1) is 14.0. The van der Waals surface area contributed by atoms with E-state index in [1.807, 2.05) is 30.3 Å². The van der Waals surface area contributed by atoms with Crippen LogP contribution in [0.3, 0.4) is 0 Å². The number of carbonyl (C=O) groups is 3. The van der Waals surface area contributed by atoms with Gasteiger partial charge in [0.2, 0.25) is 0 Å². The molecule has 146 valence electrons. The molecule has 0 saturated carbocycles. The number of hydrogen-bond acceptors (Lipinski definition) is 5. The van der Waals surface area contributed by atoms with Gasteiger partial charge in [-0.3, -0.25) is 14.6 Å². The number of anilines is 2. The van der Waals surface area contributed by atoms with Crippen LogP contribution in [0.15, 0.2) is 73.1 Å². The lowest BCUT2D eigenvalue weighted by atomic mass is 10.1. The molecule has 29 heavy (non-hydrogen) atoms. The van der Waals surface area contributed by atoms with Crippen LogP contribution in [0.5, 0.6) is 0 Å². The second-order valence-corrected chi connectivity index (χ2v) is 6.19. The molecular formula is C22H19N3O4. The van der Waals surface area contributed by atoms with Crippen LogP contribution in [0.25, 0.3) is 0 Å². The smallest absolute Gasteiger partial charge is 0.337 e. The van der Waals surface area contributed by atoms with Crippen LogP contribution in [0.4, 0.5) is 11.4 Å². The predicted molar refractivity (Wildman–Crippen MR) is 109 cm³/mol. The number of esters is 1. The predicted octanol–water partition coefficient (Wildman–Crippen LogP) is 3.40. The Balaban J connectivity index is 1.78. The van der Waals surface area contributed by atoms with E-state index in [4.69, 9.17) is 0 Å². The molecule has 0 aliphatic heterocycles. The summed E-state index contributed by atoms with van der Waals surface area (Å²) in [5.74, 6) is -1.23. The second-order valence-electron chi connectivity index (χ2n) is 6.19. The van der Waals surface area contributed by atoms with Crippen molar-refractivity contribution in [1.82, 2.24) is 4.98 Å². The minimum Gasteiger partial charge on any atom is -0.465 e. The zero-order valence-corrected chi connectivity index (χ0v) is 16.0. The Labute approximate surface area is 167 Å². The van der Waals surface area contributed by atoms with Crippen LogP contribution in [0.1, 0.15) is 31.1 Å². The van der Waals surface area contributed by atoms with Gasteiger partial charge in [-0.2, -0.15) is 0 Å². The summed E-state index contributed by atoms with van der Waals surface area (Å²) in [6.07, 6.45) is 2.79. The highest BCUT2D eigenvalue weighted by atomic mass is 16.5. The van der Waals surface area contributed by atoms with E-state index in [9.17, 15) is 14.4 Å². The van der Waals surface area contributed by atoms with Gasteiger partial charge in [-0.25, -0.2) is 4.79 Å². The van der Waals surface area contributed by atoms with Gasteiger partial charge in [0.05, 0.1) is 23.8 Å². The number of amides is 2. The molecule has 1 N–H and O–H groups in total. The minimum atomic E-state index is -0.501. The Morgan fingerprint density at radius 1 is 0.897 bits per heavy atom. The molecule has 0 atom stereocenters. The molecule has 7 nitrogen and oxygen atoms in total. The van der Waals surface area contributed by atoms with Crippen molar-refractivity contribution >= 4 is 29.2 Å². The normalized spacial score (nSPS) is 10.1. The summed E-state index contributed by atoms with van der Waals surface area (Å²) in [7, 11) is 2.94. The van der Waals surface area contributed by atoms with Gasteiger partial charge in [-0.05, 0) is 36.4 Å². The number of nitrogens with one attached hydrogen (secondary N) is 1. The van der Waals surface area contributed by atoms with Crippen LogP contribution in [-0.4, -0.2) is 36.9 Å². The first kappa shape index (κ1) is 19.8. The van der Waals surface area contributed by atoms with Crippen molar-refractivity contribution in [3.8, 4) is 0 Å². The maximum absolute atomic E-state index is 12.7. The first-order valence-electron chi connectivity index (χ1n) is 8.77. The fourth-order valence-corrected chi connectivity index (χ4v) is 2.69. The number of aromatic nitrogens is 1. The Morgan fingerprint density at radius 3 is 2.34 bits per heavy atom. The van der Waals surface area contributed by atoms with Gasteiger partial charge in [0.25, 0.3) is 11.8 Å². The summed E-state index contributed by atoms with van der Waals surface area (Å²) in [4.78, 5) is 42.5. The second kappa shape index (κ2) is 8.79. The first-order valence-corrected chi connectivity index (χ1v) is 8.77. The zero-order valence-electron chi connectivity index (χ0n) is 16.0. The van der Waals surface area contributed by atoms with E-state index >= 15 is 0 Å². The quantitative estimate of drug-likeness (QED) is 0.676. The van der Waals surface area contributed by atoms with Crippen LogP contribution >= 0.6 is 0 Å². The number of hydrogen-bond donors (Lipinski definition) is 1. The Hall–Kier alpha value is -4.00. The van der Waals surface area contributed by atoms with Crippen molar-refractivity contribution in [2.24, 2.45) is 0 Å². The molecule has 3 rings (SSSR count). The van der Waals surface area contributed by atoms with Gasteiger partial charge in [0, 0.05) is 30.8 Å². The molecule has 0 spiro atoms. The fraction of sp³-hybridized carbons (Fsp3) is 0.0909. The van der Waals surface area contributed by atoms with Crippen molar-refractivity contribution in [2.45, 2.75) is 0 Å². The van der Waals surface area contributed by atoms with Crippen molar-refractivity contribution in [1.29, 1.82) is 0 Å². The fourth-order valence-electron chi connectivity index (χ4n) is 2.69. The van der Waals surface area contributed by atoms with Crippen molar-refractivity contribution in [3.05, 3.63) is 89.7 Å². The summed E-state index contributed by atoms with van der Waals surface area (Å²) in [5, 5.41) is 2.69. The summed E-state index contributed by atoms with van der Waals surface area (Å²) in [6.45, 7) is 0. The average Bonchev–Trinajstić information content (AvgIpc) is 2.78. The van der Waals surface area contributed by atoms with Crippen molar-refractivity contribution in [3.63, 3.8) is 0 Å². The SMILES string of the molecule is COC(=O)c1cccc(NC(=O)c2cncc(C(=O)N(C)c3ccccc3)c2)c1. The van der Waals surface area contributed by atoms with E-state index in [0.29, 0.717) is 11.3 Å². The monoisotopic (exact) mass is 389 g/mol. The lowest BCUT2D eigenvalue weighted by molar-refractivity contribution is 0.0600. The molecular weight excluding hydrogens is 370 g/mol. The van der Waals surface area contributed by atoms with E-state index in [1.54, 1.807) is 25.2 Å². The molecule has 0 aliphatic rings. The van der Waals surface area contributed by atoms with E-state index < -0.39 is 11.9 Å². The lowest BCUT2D eigenvalue weighted by Gasteiger charge is -2.17. The summed E-state index contributed by atoms with van der Waals surface area (Å²) in [6, 6.07) is 17.0.